The van der Waals surface area contributed by atoms with E-state index in [4.69, 9.17) is 27.9 Å². The molecule has 3 aliphatic rings. The third-order valence-corrected chi connectivity index (χ3v) is 10.4. The number of hydrogen-bond acceptors (Lipinski definition) is 7. The lowest BCUT2D eigenvalue weighted by Gasteiger charge is -2.43. The van der Waals surface area contributed by atoms with Gasteiger partial charge in [-0.2, -0.15) is 5.11 Å². The third-order valence-electron chi connectivity index (χ3n) is 9.68. The van der Waals surface area contributed by atoms with Crippen LogP contribution in [0.15, 0.2) is 82.2 Å². The number of ether oxygens (including phenoxy) is 1. The second-order valence-corrected chi connectivity index (χ2v) is 12.9. The summed E-state index contributed by atoms with van der Waals surface area (Å²) in [6.07, 6.45) is 5.74. The van der Waals surface area contributed by atoms with Crippen LogP contribution in [0, 0.1) is 0 Å². The first-order chi connectivity index (χ1) is 21.9. The molecule has 3 aromatic carbocycles. The van der Waals surface area contributed by atoms with Crippen molar-refractivity contribution in [3.63, 3.8) is 0 Å². The number of hydrogen-bond donors (Lipinski definition) is 1. The average Bonchev–Trinajstić information content (AvgIpc) is 3.78. The number of benzene rings is 3. The van der Waals surface area contributed by atoms with Crippen LogP contribution in [0.3, 0.4) is 0 Å². The molecule has 2 atom stereocenters. The Hall–Kier alpha value is -3.79. The summed E-state index contributed by atoms with van der Waals surface area (Å²) in [5.74, 6) is 0.426. The third kappa shape index (κ3) is 6.34. The number of halogens is 2. The highest BCUT2D eigenvalue weighted by atomic mass is 35.5. The molecule has 9 nitrogen and oxygen atoms in total. The predicted octanol–water partition coefficient (Wildman–Crippen LogP) is 6.41. The van der Waals surface area contributed by atoms with Crippen molar-refractivity contribution in [2.75, 3.05) is 39.8 Å². The Morgan fingerprint density at radius 2 is 1.80 bits per heavy atom. The highest BCUT2D eigenvalue weighted by Crippen LogP contribution is 2.42. The van der Waals surface area contributed by atoms with E-state index < -0.39 is 0 Å². The molecule has 2 fully saturated rings. The number of rotatable bonds is 10. The monoisotopic (exact) mass is 646 g/mol. The van der Waals surface area contributed by atoms with Gasteiger partial charge in [-0.3, -0.25) is 9.59 Å². The Balaban J connectivity index is 1.21. The van der Waals surface area contributed by atoms with Crippen molar-refractivity contribution in [1.82, 2.24) is 15.1 Å². The zero-order chi connectivity index (χ0) is 31.4. The summed E-state index contributed by atoms with van der Waals surface area (Å²) in [4.78, 5) is 30.0. The molecule has 2 saturated heterocycles. The van der Waals surface area contributed by atoms with Crippen LogP contribution in [-0.2, 0) is 15.7 Å². The molecule has 6 rings (SSSR count). The summed E-state index contributed by atoms with van der Waals surface area (Å²) in [5.41, 5.74) is 2.86. The van der Waals surface area contributed by atoms with Crippen molar-refractivity contribution in [3.05, 3.63) is 99.0 Å². The quantitative estimate of drug-likeness (QED) is 0.257. The van der Waals surface area contributed by atoms with Crippen molar-refractivity contribution < 1.29 is 14.3 Å². The second-order valence-electron chi connectivity index (χ2n) is 12.1. The van der Waals surface area contributed by atoms with Crippen molar-refractivity contribution in [2.45, 2.75) is 42.7 Å². The van der Waals surface area contributed by atoms with Gasteiger partial charge in [0, 0.05) is 31.6 Å². The topological polar surface area (TPSA) is 99.0 Å². The van der Waals surface area contributed by atoms with E-state index in [0.717, 1.165) is 68.4 Å². The van der Waals surface area contributed by atoms with E-state index in [1.165, 1.54) is 0 Å². The molecule has 3 aromatic rings. The van der Waals surface area contributed by atoms with Crippen LogP contribution in [-0.4, -0.2) is 68.2 Å². The van der Waals surface area contributed by atoms with Gasteiger partial charge in [0.2, 0.25) is 6.41 Å². The lowest BCUT2D eigenvalue weighted by Crippen LogP contribution is -2.51. The average molecular weight is 648 g/mol. The molecule has 0 aromatic heterocycles. The van der Waals surface area contributed by atoms with E-state index in [1.807, 2.05) is 53.4 Å². The summed E-state index contributed by atoms with van der Waals surface area (Å²) in [7, 11) is 1.57. The molecule has 2 unspecified atom stereocenters. The van der Waals surface area contributed by atoms with Crippen LogP contribution < -0.4 is 10.1 Å². The van der Waals surface area contributed by atoms with Crippen molar-refractivity contribution in [1.29, 1.82) is 0 Å². The van der Waals surface area contributed by atoms with Gasteiger partial charge in [-0.05, 0) is 78.4 Å². The number of piperidine rings is 1. The van der Waals surface area contributed by atoms with E-state index in [2.05, 4.69) is 37.8 Å². The normalized spacial score (nSPS) is 22.5. The molecule has 45 heavy (non-hydrogen) atoms. The first-order valence-electron chi connectivity index (χ1n) is 15.2. The van der Waals surface area contributed by atoms with Gasteiger partial charge in [0.05, 0.1) is 34.5 Å². The number of amides is 2. The maximum Gasteiger partial charge on any atom is 0.257 e. The van der Waals surface area contributed by atoms with Crippen LogP contribution >= 0.6 is 23.2 Å². The zero-order valence-electron chi connectivity index (χ0n) is 25.2. The molecule has 3 heterocycles. The smallest absolute Gasteiger partial charge is 0.257 e. The largest absolute Gasteiger partial charge is 0.496 e. The molecule has 0 spiro atoms. The summed E-state index contributed by atoms with van der Waals surface area (Å²) in [6.45, 7) is 3.68. The van der Waals surface area contributed by atoms with E-state index in [0.29, 0.717) is 34.4 Å². The summed E-state index contributed by atoms with van der Waals surface area (Å²) < 4.78 is 5.60. The standard InChI is InChI=1S/C34H36Cl2N6O3/c1-45-31-10-7-24(30-21-38-40-39-30)19-27(31)32(44)42-18-12-33(22-42,26-8-9-28(35)29(36)20-26)11-15-41-16-13-34(14-17-41,37-23-43)25-5-3-2-4-6-25/h2-10,19-21,23,30H,11-18,22H2,1H3,(H,37,43). The highest BCUT2D eigenvalue weighted by Gasteiger charge is 2.43. The maximum atomic E-state index is 14.1. The fourth-order valence-electron chi connectivity index (χ4n) is 6.98. The molecular formula is C34H36Cl2N6O3. The predicted molar refractivity (Wildman–Crippen MR) is 175 cm³/mol. The molecular weight excluding hydrogens is 611 g/mol. The van der Waals surface area contributed by atoms with Gasteiger partial charge in [0.25, 0.3) is 5.91 Å². The minimum absolute atomic E-state index is 0.0898. The first-order valence-corrected chi connectivity index (χ1v) is 16.0. The minimum Gasteiger partial charge on any atom is -0.496 e. The highest BCUT2D eigenvalue weighted by molar-refractivity contribution is 6.42. The van der Waals surface area contributed by atoms with Crippen LogP contribution in [0.25, 0.3) is 0 Å². The van der Waals surface area contributed by atoms with Gasteiger partial charge >= 0.3 is 0 Å². The minimum atomic E-state index is -0.364. The molecule has 1 N–H and O–H groups in total. The molecule has 0 bridgehead atoms. The number of carbonyl (C=O) groups is 2. The molecule has 0 aliphatic carbocycles. The van der Waals surface area contributed by atoms with E-state index in [-0.39, 0.29) is 22.9 Å². The van der Waals surface area contributed by atoms with Gasteiger partial charge in [-0.15, -0.1) is 5.10 Å². The Labute approximate surface area is 273 Å². The van der Waals surface area contributed by atoms with Crippen molar-refractivity contribution in [2.24, 2.45) is 15.4 Å². The van der Waals surface area contributed by atoms with Gasteiger partial charge < -0.3 is 19.9 Å². The van der Waals surface area contributed by atoms with E-state index >= 15 is 0 Å². The van der Waals surface area contributed by atoms with E-state index in [1.54, 1.807) is 19.4 Å². The fourth-order valence-corrected chi connectivity index (χ4v) is 7.28. The first kappa shape index (κ1) is 31.2. The number of methoxy groups -OCH3 is 1. The Morgan fingerprint density at radius 1 is 1.00 bits per heavy atom. The fraction of sp³-hybridized carbons (Fsp3) is 0.382. The van der Waals surface area contributed by atoms with Gasteiger partial charge in [0.15, 0.2) is 0 Å². The van der Waals surface area contributed by atoms with Crippen LogP contribution in [0.5, 0.6) is 5.75 Å². The molecule has 3 aliphatic heterocycles. The van der Waals surface area contributed by atoms with E-state index in [9.17, 15) is 9.59 Å². The molecule has 11 heteroatoms. The number of carbonyl (C=O) groups excluding carboxylic acids is 2. The Kier molecular flexibility index (Phi) is 9.21. The van der Waals surface area contributed by atoms with Gasteiger partial charge in [-0.25, -0.2) is 0 Å². The molecule has 2 amide bonds. The molecule has 234 valence electrons. The van der Waals surface area contributed by atoms with Gasteiger partial charge in [0.1, 0.15) is 11.8 Å². The Morgan fingerprint density at radius 3 is 2.49 bits per heavy atom. The van der Waals surface area contributed by atoms with Crippen LogP contribution in [0.2, 0.25) is 10.0 Å². The number of nitrogens with one attached hydrogen (secondary N) is 1. The van der Waals surface area contributed by atoms with Crippen LogP contribution in [0.4, 0.5) is 0 Å². The van der Waals surface area contributed by atoms with Gasteiger partial charge in [-0.1, -0.05) is 65.7 Å². The second kappa shape index (κ2) is 13.3. The zero-order valence-corrected chi connectivity index (χ0v) is 26.7. The van der Waals surface area contributed by atoms with Crippen molar-refractivity contribution in [3.8, 4) is 5.75 Å². The number of nitrogens with zero attached hydrogens (tertiary/aromatic N) is 5. The molecule has 0 saturated carbocycles. The lowest BCUT2D eigenvalue weighted by atomic mass is 9.76. The van der Waals surface area contributed by atoms with Crippen LogP contribution in [0.1, 0.15) is 58.8 Å². The summed E-state index contributed by atoms with van der Waals surface area (Å²) in [6, 6.07) is 21.3. The Bertz CT molecular complexity index is 1600. The lowest BCUT2D eigenvalue weighted by molar-refractivity contribution is -0.112. The summed E-state index contributed by atoms with van der Waals surface area (Å²) in [5, 5.41) is 15.9. The van der Waals surface area contributed by atoms with Crippen molar-refractivity contribution >= 4 is 41.7 Å². The number of likely N-dealkylation sites (tertiary alicyclic amines) is 2. The molecule has 0 radical (unpaired) electrons. The SMILES string of the molecule is COc1ccc(C2C=NN=N2)cc1C(=O)N1CCC(CCN2CCC(NC=O)(c3ccccc3)CC2)(c2ccc(Cl)c(Cl)c2)C1. The summed E-state index contributed by atoms with van der Waals surface area (Å²) >= 11 is 12.9. The maximum absolute atomic E-state index is 14.1.